The fourth-order valence-corrected chi connectivity index (χ4v) is 2.63. The van der Waals surface area contributed by atoms with Crippen LogP contribution in [0.1, 0.15) is 20.8 Å². The first-order chi connectivity index (χ1) is 8.58. The average molecular weight is 374 g/mol. The number of amides is 1. The number of thiophene rings is 1. The molecule has 0 saturated carbocycles. The number of carboxylic acid groups (broad SMARTS) is 1. The fourth-order valence-electron chi connectivity index (χ4n) is 1.30. The van der Waals surface area contributed by atoms with Gasteiger partial charge in [0.15, 0.2) is 5.69 Å². The third kappa shape index (κ3) is 2.85. The molecule has 0 fully saturated rings. The van der Waals surface area contributed by atoms with Crippen molar-refractivity contribution in [2.24, 2.45) is 0 Å². The Hall–Kier alpha value is -1.48. The number of halogens is 1. The third-order valence-electron chi connectivity index (χ3n) is 2.09. The van der Waals surface area contributed by atoms with Crippen LogP contribution in [0.4, 0.5) is 5.69 Å². The van der Waals surface area contributed by atoms with Gasteiger partial charge in [0.2, 0.25) is 0 Å². The van der Waals surface area contributed by atoms with Crippen LogP contribution in [0, 0.1) is 2.88 Å². The van der Waals surface area contributed by atoms with Gasteiger partial charge in [0.05, 0.1) is 14.1 Å². The maximum Gasteiger partial charge on any atom is 0.356 e. The molecule has 92 valence electrons. The monoisotopic (exact) mass is 374 g/mol. The minimum atomic E-state index is -1.18. The number of carbonyl (C=O) groups excluding carboxylic acids is 1. The zero-order valence-corrected chi connectivity index (χ0v) is 11.9. The van der Waals surface area contributed by atoms with E-state index >= 15 is 0 Å². The lowest BCUT2D eigenvalue weighted by atomic mass is 10.2. The predicted molar refractivity (Wildman–Crippen MR) is 76.2 cm³/mol. The van der Waals surface area contributed by atoms with E-state index in [0.29, 0.717) is 5.56 Å². The summed E-state index contributed by atoms with van der Waals surface area (Å²) >= 11 is 3.56. The fraction of sp³-hybridized carbons (Fsp3) is 0. The van der Waals surface area contributed by atoms with Crippen molar-refractivity contribution in [3.05, 3.63) is 43.9 Å². The first kappa shape index (κ1) is 13.0. The Kier molecular flexibility index (Phi) is 3.92. The van der Waals surface area contributed by atoms with E-state index < -0.39 is 5.97 Å². The summed E-state index contributed by atoms with van der Waals surface area (Å²) in [6, 6.07) is 4.81. The third-order valence-corrected chi connectivity index (χ3v) is 3.88. The minimum Gasteiger partial charge on any atom is -0.476 e. The molecule has 2 N–H and O–H groups in total. The summed E-state index contributed by atoms with van der Waals surface area (Å²) in [5, 5.41) is 13.2. The lowest BCUT2D eigenvalue weighted by molar-refractivity contribution is 0.0692. The molecular formula is C11H7IN2O3S. The van der Waals surface area contributed by atoms with Crippen LogP contribution in [0.5, 0.6) is 0 Å². The van der Waals surface area contributed by atoms with E-state index in [0.717, 1.165) is 2.88 Å². The molecule has 1 amide bonds. The molecule has 0 radical (unpaired) electrons. The van der Waals surface area contributed by atoms with E-state index in [-0.39, 0.29) is 17.3 Å². The average Bonchev–Trinajstić information content (AvgIpc) is 2.76. The molecule has 0 saturated heterocycles. The first-order valence-corrected chi connectivity index (χ1v) is 6.77. The second-order valence-corrected chi connectivity index (χ2v) is 6.10. The number of hydrogen-bond acceptors (Lipinski definition) is 4. The van der Waals surface area contributed by atoms with Crippen molar-refractivity contribution in [1.82, 2.24) is 4.98 Å². The number of carboxylic acids is 1. The summed E-state index contributed by atoms with van der Waals surface area (Å²) < 4.78 is 0.988. The van der Waals surface area contributed by atoms with Crippen LogP contribution < -0.4 is 5.32 Å². The zero-order chi connectivity index (χ0) is 13.1. The molecule has 2 aromatic heterocycles. The number of rotatable bonds is 3. The van der Waals surface area contributed by atoms with Crippen molar-refractivity contribution >= 4 is 51.5 Å². The van der Waals surface area contributed by atoms with Crippen molar-refractivity contribution in [2.75, 3.05) is 5.32 Å². The van der Waals surface area contributed by atoms with E-state index in [1.54, 1.807) is 17.5 Å². The lowest BCUT2D eigenvalue weighted by Gasteiger charge is -2.05. The molecule has 0 bridgehead atoms. The molecule has 7 heteroatoms. The molecule has 0 aliphatic rings. The Bertz CT molecular complexity index is 612. The molecule has 2 aromatic rings. The number of hydrogen-bond donors (Lipinski definition) is 2. The van der Waals surface area contributed by atoms with Gasteiger partial charge in [-0.25, -0.2) is 9.78 Å². The highest BCUT2D eigenvalue weighted by molar-refractivity contribution is 14.1. The molecule has 0 unspecified atom stereocenters. The van der Waals surface area contributed by atoms with Crippen LogP contribution in [-0.4, -0.2) is 22.0 Å². The van der Waals surface area contributed by atoms with Crippen molar-refractivity contribution in [3.8, 4) is 0 Å². The standard InChI is InChI=1S/C11H7IN2O3S/c12-8-4-6(5-18-8)10(15)14-7-2-1-3-13-9(7)11(16)17/h1-5H,(H,14,15)(H,16,17). The van der Waals surface area contributed by atoms with Gasteiger partial charge < -0.3 is 10.4 Å². The molecule has 0 spiro atoms. The van der Waals surface area contributed by atoms with Crippen LogP contribution in [0.15, 0.2) is 29.8 Å². The van der Waals surface area contributed by atoms with E-state index in [9.17, 15) is 9.59 Å². The van der Waals surface area contributed by atoms with Gasteiger partial charge in [-0.3, -0.25) is 4.79 Å². The van der Waals surface area contributed by atoms with Gasteiger partial charge in [0.25, 0.3) is 5.91 Å². The number of aromatic nitrogens is 1. The topological polar surface area (TPSA) is 79.3 Å². The van der Waals surface area contributed by atoms with Crippen LogP contribution in [0.25, 0.3) is 0 Å². The molecule has 0 aliphatic carbocycles. The summed E-state index contributed by atoms with van der Waals surface area (Å²) in [4.78, 5) is 26.5. The van der Waals surface area contributed by atoms with Crippen molar-refractivity contribution in [1.29, 1.82) is 0 Å². The highest BCUT2D eigenvalue weighted by Crippen LogP contribution is 2.19. The summed E-state index contributed by atoms with van der Waals surface area (Å²) in [5.41, 5.74) is 0.525. The van der Waals surface area contributed by atoms with Crippen molar-refractivity contribution in [2.45, 2.75) is 0 Å². The van der Waals surface area contributed by atoms with E-state index in [1.165, 1.54) is 23.6 Å². The summed E-state index contributed by atoms with van der Waals surface area (Å²) in [7, 11) is 0. The zero-order valence-electron chi connectivity index (χ0n) is 8.88. The smallest absolute Gasteiger partial charge is 0.356 e. The number of anilines is 1. The van der Waals surface area contributed by atoms with Gasteiger partial charge in [-0.05, 0) is 40.8 Å². The minimum absolute atomic E-state index is 0.171. The SMILES string of the molecule is O=C(Nc1cccnc1C(=O)O)c1csc(I)c1. The summed E-state index contributed by atoms with van der Waals surface area (Å²) in [6.07, 6.45) is 1.37. The van der Waals surface area contributed by atoms with Gasteiger partial charge in [0, 0.05) is 11.6 Å². The van der Waals surface area contributed by atoms with Gasteiger partial charge >= 0.3 is 5.97 Å². The summed E-state index contributed by atoms with van der Waals surface area (Å²) in [6.45, 7) is 0. The molecule has 2 heterocycles. The first-order valence-electron chi connectivity index (χ1n) is 4.81. The maximum atomic E-state index is 11.9. The number of aromatic carboxylic acids is 1. The van der Waals surface area contributed by atoms with Gasteiger partial charge in [-0.15, -0.1) is 11.3 Å². The van der Waals surface area contributed by atoms with Gasteiger partial charge in [-0.1, -0.05) is 0 Å². The number of nitrogens with zero attached hydrogens (tertiary/aromatic N) is 1. The predicted octanol–water partition coefficient (Wildman–Crippen LogP) is 2.70. The largest absolute Gasteiger partial charge is 0.476 e. The van der Waals surface area contributed by atoms with Crippen LogP contribution in [0.3, 0.4) is 0 Å². The van der Waals surface area contributed by atoms with Crippen molar-refractivity contribution in [3.63, 3.8) is 0 Å². The van der Waals surface area contributed by atoms with Gasteiger partial charge in [-0.2, -0.15) is 0 Å². The Morgan fingerprint density at radius 3 is 2.83 bits per heavy atom. The van der Waals surface area contributed by atoms with E-state index in [2.05, 4.69) is 32.9 Å². The molecule has 2 rings (SSSR count). The molecular weight excluding hydrogens is 367 g/mol. The normalized spacial score (nSPS) is 10.1. The van der Waals surface area contributed by atoms with Crippen LogP contribution in [0.2, 0.25) is 0 Å². The van der Waals surface area contributed by atoms with E-state index in [1.807, 2.05) is 0 Å². The highest BCUT2D eigenvalue weighted by atomic mass is 127. The van der Waals surface area contributed by atoms with Crippen LogP contribution in [-0.2, 0) is 0 Å². The van der Waals surface area contributed by atoms with Gasteiger partial charge in [0.1, 0.15) is 0 Å². The second-order valence-electron chi connectivity index (χ2n) is 3.30. The second kappa shape index (κ2) is 5.44. The Morgan fingerprint density at radius 1 is 1.44 bits per heavy atom. The molecule has 5 nitrogen and oxygen atoms in total. The molecule has 0 aliphatic heterocycles. The van der Waals surface area contributed by atoms with Crippen molar-refractivity contribution < 1.29 is 14.7 Å². The Morgan fingerprint density at radius 2 is 2.22 bits per heavy atom. The molecule has 0 atom stereocenters. The number of pyridine rings is 1. The quantitative estimate of drug-likeness (QED) is 0.810. The van der Waals surface area contributed by atoms with Crippen LogP contribution >= 0.6 is 33.9 Å². The Balaban J connectivity index is 2.24. The molecule has 18 heavy (non-hydrogen) atoms. The maximum absolute atomic E-state index is 11.9. The number of nitrogens with one attached hydrogen (secondary N) is 1. The lowest BCUT2D eigenvalue weighted by Crippen LogP contribution is -2.15. The number of carbonyl (C=O) groups is 2. The summed E-state index contributed by atoms with van der Waals surface area (Å²) in [5.74, 6) is -1.52. The highest BCUT2D eigenvalue weighted by Gasteiger charge is 2.15. The Labute approximate surface area is 120 Å². The molecule has 0 aromatic carbocycles. The van der Waals surface area contributed by atoms with E-state index in [4.69, 9.17) is 5.11 Å².